The van der Waals surface area contributed by atoms with E-state index in [-0.39, 0.29) is 18.5 Å². The molecule has 0 bridgehead atoms. The van der Waals surface area contributed by atoms with Gasteiger partial charge in [-0.15, -0.1) is 0 Å². The minimum atomic E-state index is -0.798. The molecule has 7 nitrogen and oxygen atoms in total. The lowest BCUT2D eigenvalue weighted by Crippen LogP contribution is -2.33. The molecule has 3 atom stereocenters. The molecule has 0 aromatic carbocycles. The van der Waals surface area contributed by atoms with E-state index in [4.69, 9.17) is 23.7 Å². The molecule has 1 fully saturated rings. The molecule has 7 heteroatoms. The van der Waals surface area contributed by atoms with Crippen LogP contribution in [-0.4, -0.2) is 55.0 Å². The number of cyclic esters (lactones) is 1. The number of rotatable bonds is 8. The number of carbonyl (C=O) groups is 1. The predicted octanol–water partition coefficient (Wildman–Crippen LogP) is 4.50. The summed E-state index contributed by atoms with van der Waals surface area (Å²) in [5, 5.41) is 9.88. The van der Waals surface area contributed by atoms with Gasteiger partial charge in [-0.3, -0.25) is 0 Å². The van der Waals surface area contributed by atoms with Gasteiger partial charge < -0.3 is 28.8 Å². The van der Waals surface area contributed by atoms with Crippen LogP contribution in [0.1, 0.15) is 74.7 Å². The lowest BCUT2D eigenvalue weighted by Gasteiger charge is -2.22. The van der Waals surface area contributed by atoms with Crippen LogP contribution in [-0.2, 0) is 28.5 Å². The fourth-order valence-electron chi connectivity index (χ4n) is 2.46. The van der Waals surface area contributed by atoms with Crippen LogP contribution < -0.4 is 0 Å². The first-order valence-corrected chi connectivity index (χ1v) is 10.5. The van der Waals surface area contributed by atoms with Gasteiger partial charge in [-0.05, 0) is 27.2 Å². The van der Waals surface area contributed by atoms with Crippen LogP contribution in [0.3, 0.4) is 0 Å². The molecule has 0 radical (unpaired) electrons. The summed E-state index contributed by atoms with van der Waals surface area (Å²) in [5.74, 6) is -1.92. The maximum absolute atomic E-state index is 11.6. The highest BCUT2D eigenvalue weighted by molar-refractivity contribution is 5.89. The second kappa shape index (κ2) is 13.8. The van der Waals surface area contributed by atoms with Crippen molar-refractivity contribution in [1.29, 1.82) is 0 Å². The standard InChI is InChI=1S/C16H26O7.C3H8.C2H6/c1-5-7-19-10(2)6-8-20-14-12(17)15(18)22-13(14)11-9-21-16(3,4)23-11;1-3-2;1-2/h10-11,13,17H,5-9H2,1-4H3;3H2,1-2H3;1-2H3. The number of hydrogen-bond acceptors (Lipinski definition) is 7. The molecule has 2 rings (SSSR count). The first-order chi connectivity index (χ1) is 13.3. The maximum atomic E-state index is 11.6. The lowest BCUT2D eigenvalue weighted by molar-refractivity contribution is -0.163. The number of aliphatic hydroxyl groups is 1. The van der Waals surface area contributed by atoms with E-state index in [0.29, 0.717) is 19.6 Å². The first-order valence-electron chi connectivity index (χ1n) is 10.5. The lowest BCUT2D eigenvalue weighted by atomic mass is 10.2. The molecule has 1 saturated heterocycles. The molecular formula is C21H40O7. The van der Waals surface area contributed by atoms with Crippen LogP contribution in [0.4, 0.5) is 0 Å². The highest BCUT2D eigenvalue weighted by atomic mass is 16.8. The van der Waals surface area contributed by atoms with E-state index in [2.05, 4.69) is 13.8 Å². The Bertz CT molecular complexity index is 473. The van der Waals surface area contributed by atoms with Gasteiger partial charge in [0.1, 0.15) is 6.10 Å². The maximum Gasteiger partial charge on any atom is 0.378 e. The normalized spacial score (nSPS) is 23.9. The van der Waals surface area contributed by atoms with Crippen molar-refractivity contribution in [2.24, 2.45) is 0 Å². The molecule has 2 heterocycles. The van der Waals surface area contributed by atoms with Crippen molar-refractivity contribution in [2.45, 2.75) is 98.8 Å². The molecule has 0 spiro atoms. The number of ether oxygens (including phenoxy) is 5. The zero-order valence-corrected chi connectivity index (χ0v) is 18.9. The van der Waals surface area contributed by atoms with Crippen molar-refractivity contribution in [3.05, 3.63) is 11.5 Å². The SMILES string of the molecule is CC.CCC.CCCOC(C)CCOC1=C(O)C(=O)OC1C1COC(C)(C)O1. The summed E-state index contributed by atoms with van der Waals surface area (Å²) in [6, 6.07) is 0. The summed E-state index contributed by atoms with van der Waals surface area (Å²) in [6.07, 6.45) is 1.61. The van der Waals surface area contributed by atoms with E-state index >= 15 is 0 Å². The van der Waals surface area contributed by atoms with Gasteiger partial charge >= 0.3 is 5.97 Å². The molecule has 2 aliphatic rings. The fourth-order valence-corrected chi connectivity index (χ4v) is 2.46. The molecule has 0 aromatic rings. The Kier molecular flexibility index (Phi) is 13.2. The highest BCUT2D eigenvalue weighted by Gasteiger charge is 2.47. The van der Waals surface area contributed by atoms with Gasteiger partial charge in [0, 0.05) is 13.0 Å². The molecule has 2 aliphatic heterocycles. The molecule has 1 N–H and O–H groups in total. The van der Waals surface area contributed by atoms with Gasteiger partial charge in [0.2, 0.25) is 5.76 Å². The van der Waals surface area contributed by atoms with Crippen LogP contribution in [0.2, 0.25) is 0 Å². The average Bonchev–Trinajstić information content (AvgIpc) is 3.16. The van der Waals surface area contributed by atoms with Crippen molar-refractivity contribution in [3.8, 4) is 0 Å². The van der Waals surface area contributed by atoms with E-state index in [9.17, 15) is 9.90 Å². The summed E-state index contributed by atoms with van der Waals surface area (Å²) < 4.78 is 27.5. The van der Waals surface area contributed by atoms with Crippen molar-refractivity contribution in [1.82, 2.24) is 0 Å². The smallest absolute Gasteiger partial charge is 0.378 e. The third kappa shape index (κ3) is 8.80. The van der Waals surface area contributed by atoms with Crippen LogP contribution in [0, 0.1) is 0 Å². The summed E-state index contributed by atoms with van der Waals surface area (Å²) in [6.45, 7) is 17.1. The quantitative estimate of drug-likeness (QED) is 0.596. The van der Waals surface area contributed by atoms with Crippen LogP contribution in [0.15, 0.2) is 11.5 Å². The Morgan fingerprint density at radius 3 is 2.32 bits per heavy atom. The molecule has 166 valence electrons. The fraction of sp³-hybridized carbons (Fsp3) is 0.857. The van der Waals surface area contributed by atoms with Crippen molar-refractivity contribution < 1.29 is 33.6 Å². The highest BCUT2D eigenvalue weighted by Crippen LogP contribution is 2.33. The van der Waals surface area contributed by atoms with Crippen molar-refractivity contribution in [2.75, 3.05) is 19.8 Å². The van der Waals surface area contributed by atoms with Crippen molar-refractivity contribution in [3.63, 3.8) is 0 Å². The molecule has 3 unspecified atom stereocenters. The number of esters is 1. The third-order valence-electron chi connectivity index (χ3n) is 3.68. The Balaban J connectivity index is 0.00000133. The largest absolute Gasteiger partial charge is 0.499 e. The average molecular weight is 405 g/mol. The van der Waals surface area contributed by atoms with Gasteiger partial charge in [-0.25, -0.2) is 4.79 Å². The van der Waals surface area contributed by atoms with Gasteiger partial charge in [0.15, 0.2) is 17.7 Å². The predicted molar refractivity (Wildman–Crippen MR) is 108 cm³/mol. The Morgan fingerprint density at radius 2 is 1.82 bits per heavy atom. The zero-order chi connectivity index (χ0) is 21.7. The van der Waals surface area contributed by atoms with Gasteiger partial charge in [0.25, 0.3) is 0 Å². The van der Waals surface area contributed by atoms with E-state index < -0.39 is 29.7 Å². The Morgan fingerprint density at radius 1 is 1.21 bits per heavy atom. The van der Waals surface area contributed by atoms with Gasteiger partial charge in [-0.2, -0.15) is 0 Å². The summed E-state index contributed by atoms with van der Waals surface area (Å²) in [5.41, 5.74) is 0. The summed E-state index contributed by atoms with van der Waals surface area (Å²) in [7, 11) is 0. The second-order valence-corrected chi connectivity index (χ2v) is 6.93. The van der Waals surface area contributed by atoms with E-state index in [1.807, 2.05) is 27.7 Å². The van der Waals surface area contributed by atoms with E-state index in [0.717, 1.165) is 6.42 Å². The Hall–Kier alpha value is -1.31. The molecule has 0 saturated carbocycles. The number of carbonyl (C=O) groups excluding carboxylic acids is 1. The molecule has 0 amide bonds. The zero-order valence-electron chi connectivity index (χ0n) is 18.9. The summed E-state index contributed by atoms with van der Waals surface area (Å²) >= 11 is 0. The Labute approximate surface area is 170 Å². The van der Waals surface area contributed by atoms with E-state index in [1.165, 1.54) is 6.42 Å². The van der Waals surface area contributed by atoms with Crippen LogP contribution >= 0.6 is 0 Å². The minimum Gasteiger partial charge on any atom is -0.499 e. The molecule has 0 aromatic heterocycles. The molecule has 0 aliphatic carbocycles. The van der Waals surface area contributed by atoms with Crippen molar-refractivity contribution >= 4 is 5.97 Å². The number of hydrogen-bond donors (Lipinski definition) is 1. The van der Waals surface area contributed by atoms with E-state index in [1.54, 1.807) is 13.8 Å². The summed E-state index contributed by atoms with van der Waals surface area (Å²) in [4.78, 5) is 11.6. The number of aliphatic hydroxyl groups excluding tert-OH is 1. The topological polar surface area (TPSA) is 83.5 Å². The second-order valence-electron chi connectivity index (χ2n) is 6.93. The van der Waals surface area contributed by atoms with Gasteiger partial charge in [-0.1, -0.05) is 41.0 Å². The minimum absolute atomic E-state index is 0.0409. The third-order valence-corrected chi connectivity index (χ3v) is 3.68. The molecular weight excluding hydrogens is 364 g/mol. The van der Waals surface area contributed by atoms with Crippen LogP contribution in [0.5, 0.6) is 0 Å². The first kappa shape index (κ1) is 26.7. The monoisotopic (exact) mass is 404 g/mol. The molecule has 28 heavy (non-hydrogen) atoms. The van der Waals surface area contributed by atoms with Crippen LogP contribution in [0.25, 0.3) is 0 Å². The van der Waals surface area contributed by atoms with Gasteiger partial charge in [0.05, 0.1) is 19.3 Å².